The smallest absolute Gasteiger partial charge is 0.273 e. The fourth-order valence-corrected chi connectivity index (χ4v) is 1.30. The van der Waals surface area contributed by atoms with E-state index in [0.29, 0.717) is 12.3 Å². The van der Waals surface area contributed by atoms with Crippen LogP contribution in [0, 0.1) is 10.1 Å². The first-order chi connectivity index (χ1) is 7.20. The molecule has 1 aliphatic rings. The van der Waals surface area contributed by atoms with Gasteiger partial charge in [0.2, 0.25) is 0 Å². The van der Waals surface area contributed by atoms with Crippen molar-refractivity contribution in [1.82, 2.24) is 0 Å². The number of ether oxygens (including phenoxy) is 1. The highest BCUT2D eigenvalue weighted by Gasteiger charge is 2.25. The third-order valence-corrected chi connectivity index (χ3v) is 2.30. The van der Waals surface area contributed by atoms with Gasteiger partial charge in [0, 0.05) is 18.2 Å². The van der Waals surface area contributed by atoms with Crippen LogP contribution in [0.5, 0.6) is 5.75 Å². The van der Waals surface area contributed by atoms with E-state index in [1.807, 2.05) is 0 Å². The summed E-state index contributed by atoms with van der Waals surface area (Å²) in [5.41, 5.74) is 6.38. The average Bonchev–Trinajstić information content (AvgIpc) is 3.01. The lowest BCUT2D eigenvalue weighted by atomic mass is 10.2. The maximum atomic E-state index is 10.6. The molecule has 0 aliphatic heterocycles. The second kappa shape index (κ2) is 3.86. The van der Waals surface area contributed by atoms with E-state index < -0.39 is 4.92 Å². The maximum absolute atomic E-state index is 10.6. The summed E-state index contributed by atoms with van der Waals surface area (Å²) >= 11 is 0. The standard InChI is InChI=1S/C10H12N2O3/c11-6-7-1-2-8(12(13)14)5-10(7)15-9-3-4-9/h1-2,5,9H,3-4,6,11H2. The van der Waals surface area contributed by atoms with Gasteiger partial charge in [-0.25, -0.2) is 0 Å². The number of hydrogen-bond acceptors (Lipinski definition) is 4. The summed E-state index contributed by atoms with van der Waals surface area (Å²) in [5.74, 6) is 0.550. The van der Waals surface area contributed by atoms with Gasteiger partial charge in [-0.1, -0.05) is 0 Å². The van der Waals surface area contributed by atoms with Crippen LogP contribution in [0.15, 0.2) is 18.2 Å². The molecule has 2 rings (SSSR count). The van der Waals surface area contributed by atoms with Crippen LogP contribution in [0.25, 0.3) is 0 Å². The van der Waals surface area contributed by atoms with E-state index in [9.17, 15) is 10.1 Å². The van der Waals surface area contributed by atoms with Crippen molar-refractivity contribution in [3.05, 3.63) is 33.9 Å². The molecule has 1 saturated carbocycles. The second-order valence-electron chi connectivity index (χ2n) is 3.57. The minimum Gasteiger partial charge on any atom is -0.490 e. The van der Waals surface area contributed by atoms with Crippen LogP contribution in [-0.4, -0.2) is 11.0 Å². The van der Waals surface area contributed by atoms with Crippen molar-refractivity contribution in [2.75, 3.05) is 0 Å². The number of hydrogen-bond donors (Lipinski definition) is 1. The van der Waals surface area contributed by atoms with Gasteiger partial charge in [0.1, 0.15) is 5.75 Å². The molecule has 1 fully saturated rings. The van der Waals surface area contributed by atoms with Gasteiger partial charge in [-0.2, -0.15) is 0 Å². The Balaban J connectivity index is 2.28. The first-order valence-corrected chi connectivity index (χ1v) is 4.84. The van der Waals surface area contributed by atoms with E-state index in [1.165, 1.54) is 12.1 Å². The zero-order chi connectivity index (χ0) is 10.8. The Hall–Kier alpha value is -1.62. The van der Waals surface area contributed by atoms with Gasteiger partial charge >= 0.3 is 0 Å². The molecule has 1 aromatic rings. The normalized spacial score (nSPS) is 15.0. The van der Waals surface area contributed by atoms with Crippen LogP contribution < -0.4 is 10.5 Å². The zero-order valence-corrected chi connectivity index (χ0v) is 8.18. The number of nitro benzene ring substituents is 1. The van der Waals surface area contributed by atoms with E-state index in [2.05, 4.69) is 0 Å². The number of nitrogens with zero attached hydrogens (tertiary/aromatic N) is 1. The van der Waals surface area contributed by atoms with Gasteiger partial charge < -0.3 is 10.5 Å². The molecular formula is C10H12N2O3. The predicted molar refractivity (Wildman–Crippen MR) is 54.6 cm³/mol. The molecule has 5 nitrogen and oxygen atoms in total. The molecular weight excluding hydrogens is 196 g/mol. The topological polar surface area (TPSA) is 78.4 Å². The van der Waals surface area contributed by atoms with Crippen molar-refractivity contribution in [2.24, 2.45) is 5.73 Å². The number of benzene rings is 1. The molecule has 0 saturated heterocycles. The number of non-ortho nitro benzene ring substituents is 1. The Bertz CT molecular complexity index is 388. The summed E-state index contributed by atoms with van der Waals surface area (Å²) in [7, 11) is 0. The molecule has 1 aromatic carbocycles. The monoisotopic (exact) mass is 208 g/mol. The summed E-state index contributed by atoms with van der Waals surface area (Å²) < 4.78 is 5.55. The minimum absolute atomic E-state index is 0.0443. The molecule has 15 heavy (non-hydrogen) atoms. The van der Waals surface area contributed by atoms with Crippen LogP contribution in [0.3, 0.4) is 0 Å². The van der Waals surface area contributed by atoms with Crippen LogP contribution in [0.1, 0.15) is 18.4 Å². The lowest BCUT2D eigenvalue weighted by molar-refractivity contribution is -0.385. The lowest BCUT2D eigenvalue weighted by Gasteiger charge is -2.08. The quantitative estimate of drug-likeness (QED) is 0.602. The fourth-order valence-electron chi connectivity index (χ4n) is 1.30. The highest BCUT2D eigenvalue weighted by molar-refractivity contribution is 5.44. The molecule has 1 aliphatic carbocycles. The molecule has 5 heteroatoms. The molecule has 0 amide bonds. The molecule has 0 aromatic heterocycles. The van der Waals surface area contributed by atoms with E-state index in [4.69, 9.17) is 10.5 Å². The molecule has 0 radical (unpaired) electrons. The number of rotatable bonds is 4. The molecule has 2 N–H and O–H groups in total. The summed E-state index contributed by atoms with van der Waals surface area (Å²) in [4.78, 5) is 10.1. The van der Waals surface area contributed by atoms with E-state index in [0.717, 1.165) is 18.4 Å². The Kier molecular flexibility index (Phi) is 2.55. The Labute approximate surface area is 87.0 Å². The third kappa shape index (κ3) is 2.24. The van der Waals surface area contributed by atoms with Crippen molar-refractivity contribution in [3.8, 4) is 5.75 Å². The fraction of sp³-hybridized carbons (Fsp3) is 0.400. The molecule has 0 heterocycles. The van der Waals surface area contributed by atoms with Crippen LogP contribution in [0.4, 0.5) is 5.69 Å². The summed E-state index contributed by atoms with van der Waals surface area (Å²) in [6, 6.07) is 4.54. The van der Waals surface area contributed by atoms with Crippen molar-refractivity contribution >= 4 is 5.69 Å². The molecule has 80 valence electrons. The van der Waals surface area contributed by atoms with Crippen LogP contribution >= 0.6 is 0 Å². The average molecular weight is 208 g/mol. The summed E-state index contributed by atoms with van der Waals surface area (Å²) in [6.45, 7) is 0.333. The Morgan fingerprint density at radius 3 is 2.80 bits per heavy atom. The molecule has 0 unspecified atom stereocenters. The van der Waals surface area contributed by atoms with E-state index in [1.54, 1.807) is 6.07 Å². The first-order valence-electron chi connectivity index (χ1n) is 4.84. The molecule has 0 spiro atoms. The van der Waals surface area contributed by atoms with Crippen molar-refractivity contribution in [2.45, 2.75) is 25.5 Å². The van der Waals surface area contributed by atoms with Crippen molar-refractivity contribution in [3.63, 3.8) is 0 Å². The van der Waals surface area contributed by atoms with Gasteiger partial charge in [-0.05, 0) is 18.9 Å². The van der Waals surface area contributed by atoms with E-state index >= 15 is 0 Å². The maximum Gasteiger partial charge on any atom is 0.273 e. The highest BCUT2D eigenvalue weighted by Crippen LogP contribution is 2.31. The minimum atomic E-state index is -0.431. The highest BCUT2D eigenvalue weighted by atomic mass is 16.6. The summed E-state index contributed by atoms with van der Waals surface area (Å²) in [6.07, 6.45) is 2.26. The number of nitro groups is 1. The summed E-state index contributed by atoms with van der Waals surface area (Å²) in [5, 5.41) is 10.6. The third-order valence-electron chi connectivity index (χ3n) is 2.30. The Morgan fingerprint density at radius 1 is 1.53 bits per heavy atom. The van der Waals surface area contributed by atoms with Gasteiger partial charge in [-0.15, -0.1) is 0 Å². The SMILES string of the molecule is NCc1ccc([N+](=O)[O-])cc1OC1CC1. The van der Waals surface area contributed by atoms with Crippen LogP contribution in [-0.2, 0) is 6.54 Å². The number of nitrogens with two attached hydrogens (primary N) is 1. The first kappa shape index (κ1) is 9.92. The van der Waals surface area contributed by atoms with Gasteiger partial charge in [0.25, 0.3) is 5.69 Å². The van der Waals surface area contributed by atoms with Crippen molar-refractivity contribution < 1.29 is 9.66 Å². The van der Waals surface area contributed by atoms with Gasteiger partial charge in [0.05, 0.1) is 17.1 Å². The van der Waals surface area contributed by atoms with Gasteiger partial charge in [-0.3, -0.25) is 10.1 Å². The van der Waals surface area contributed by atoms with Crippen LogP contribution in [0.2, 0.25) is 0 Å². The molecule has 0 bridgehead atoms. The lowest BCUT2D eigenvalue weighted by Crippen LogP contribution is -2.04. The zero-order valence-electron chi connectivity index (χ0n) is 8.18. The van der Waals surface area contributed by atoms with Gasteiger partial charge in [0.15, 0.2) is 0 Å². The predicted octanol–water partition coefficient (Wildman–Crippen LogP) is 1.59. The second-order valence-corrected chi connectivity index (χ2v) is 3.57. The molecule has 0 atom stereocenters. The van der Waals surface area contributed by atoms with Crippen molar-refractivity contribution in [1.29, 1.82) is 0 Å². The Morgan fingerprint density at radius 2 is 2.27 bits per heavy atom. The largest absolute Gasteiger partial charge is 0.490 e. The van der Waals surface area contributed by atoms with E-state index in [-0.39, 0.29) is 11.8 Å².